The van der Waals surface area contributed by atoms with Crippen molar-refractivity contribution in [2.75, 3.05) is 5.75 Å². The molecule has 46 valence electrons. The summed E-state index contributed by atoms with van der Waals surface area (Å²) in [6, 6.07) is -0.495. The van der Waals surface area contributed by atoms with Crippen molar-refractivity contribution < 1.29 is 9.59 Å². The zero-order valence-corrected chi connectivity index (χ0v) is 5.06. The van der Waals surface area contributed by atoms with Gasteiger partial charge in [0.2, 0.25) is 0 Å². The van der Waals surface area contributed by atoms with E-state index in [-0.39, 0.29) is 0 Å². The first-order valence-corrected chi connectivity index (χ1v) is 3.12. The van der Waals surface area contributed by atoms with Gasteiger partial charge in [-0.05, 0) is 0 Å². The molecule has 3 nitrogen and oxygen atoms in total. The molecular formula is C4H7NO2S. The van der Waals surface area contributed by atoms with Gasteiger partial charge >= 0.3 is 0 Å². The van der Waals surface area contributed by atoms with E-state index in [0.29, 0.717) is 17.7 Å². The van der Waals surface area contributed by atoms with Gasteiger partial charge in [-0.1, -0.05) is 11.8 Å². The largest absolute Gasteiger partial charge is 0.321 e. The molecule has 0 saturated carbocycles. The highest BCUT2D eigenvalue weighted by molar-refractivity contribution is 8.11. The van der Waals surface area contributed by atoms with Crippen molar-refractivity contribution in [1.82, 2.24) is 0 Å². The highest BCUT2D eigenvalue weighted by Crippen LogP contribution is 1.92. The Morgan fingerprint density at radius 3 is 2.62 bits per heavy atom. The van der Waals surface area contributed by atoms with E-state index in [4.69, 9.17) is 5.73 Å². The summed E-state index contributed by atoms with van der Waals surface area (Å²) < 4.78 is 0. The van der Waals surface area contributed by atoms with E-state index in [0.717, 1.165) is 11.8 Å². The normalized spacial score (nSPS) is 12.6. The SMILES string of the molecule is NC(C=O)CSC=O. The third-order valence-electron chi connectivity index (χ3n) is 0.532. The van der Waals surface area contributed by atoms with Gasteiger partial charge in [0.25, 0.3) is 0 Å². The number of rotatable bonds is 4. The van der Waals surface area contributed by atoms with Crippen molar-refractivity contribution in [1.29, 1.82) is 0 Å². The van der Waals surface area contributed by atoms with Crippen LogP contribution in [0.3, 0.4) is 0 Å². The van der Waals surface area contributed by atoms with Crippen LogP contribution < -0.4 is 5.73 Å². The number of nitrogens with two attached hydrogens (primary N) is 1. The Hall–Kier alpha value is -0.350. The molecule has 0 spiro atoms. The first kappa shape index (κ1) is 7.65. The predicted octanol–water partition coefficient (Wildman–Crippen LogP) is -0.564. The Morgan fingerprint density at radius 2 is 2.25 bits per heavy atom. The lowest BCUT2D eigenvalue weighted by molar-refractivity contribution is -0.108. The van der Waals surface area contributed by atoms with Gasteiger partial charge in [-0.25, -0.2) is 0 Å². The molecule has 4 heteroatoms. The molecule has 0 aromatic heterocycles. The second kappa shape index (κ2) is 4.80. The monoisotopic (exact) mass is 133 g/mol. The van der Waals surface area contributed by atoms with Crippen LogP contribution in [0, 0.1) is 0 Å². The molecule has 0 aliphatic rings. The smallest absolute Gasteiger partial charge is 0.176 e. The van der Waals surface area contributed by atoms with Crippen LogP contribution in [-0.2, 0) is 9.59 Å². The molecule has 0 amide bonds. The summed E-state index contributed by atoms with van der Waals surface area (Å²) in [5.41, 5.74) is 5.78. The zero-order valence-electron chi connectivity index (χ0n) is 4.24. The third kappa shape index (κ3) is 3.83. The maximum Gasteiger partial charge on any atom is 0.176 e. The molecule has 0 heterocycles. The van der Waals surface area contributed by atoms with Crippen LogP contribution in [0.15, 0.2) is 0 Å². The van der Waals surface area contributed by atoms with E-state index < -0.39 is 6.04 Å². The van der Waals surface area contributed by atoms with Crippen LogP contribution >= 0.6 is 11.8 Å². The van der Waals surface area contributed by atoms with Crippen molar-refractivity contribution >= 4 is 23.7 Å². The van der Waals surface area contributed by atoms with Crippen molar-refractivity contribution in [3.05, 3.63) is 0 Å². The number of hydrogen-bond donors (Lipinski definition) is 1. The average Bonchev–Trinajstić information content (AvgIpc) is 1.83. The molecule has 8 heavy (non-hydrogen) atoms. The summed E-state index contributed by atoms with van der Waals surface area (Å²) in [7, 11) is 0. The fourth-order valence-corrected chi connectivity index (χ4v) is 0.569. The molecule has 0 rings (SSSR count). The third-order valence-corrected chi connectivity index (χ3v) is 1.24. The maximum absolute atomic E-state index is 9.76. The second-order valence-corrected chi connectivity index (χ2v) is 2.09. The van der Waals surface area contributed by atoms with Gasteiger partial charge in [-0.15, -0.1) is 0 Å². The van der Waals surface area contributed by atoms with Crippen LogP contribution in [0.4, 0.5) is 0 Å². The van der Waals surface area contributed by atoms with Crippen molar-refractivity contribution in [3.8, 4) is 0 Å². The van der Waals surface area contributed by atoms with Gasteiger partial charge in [-0.3, -0.25) is 4.79 Å². The van der Waals surface area contributed by atoms with Crippen LogP contribution in [0.1, 0.15) is 0 Å². The zero-order chi connectivity index (χ0) is 6.41. The first-order valence-electron chi connectivity index (χ1n) is 2.07. The lowest BCUT2D eigenvalue weighted by Gasteiger charge is -1.94. The fourth-order valence-electron chi connectivity index (χ4n) is 0.190. The van der Waals surface area contributed by atoms with Gasteiger partial charge < -0.3 is 10.5 Å². The molecule has 0 aromatic carbocycles. The lowest BCUT2D eigenvalue weighted by Crippen LogP contribution is -2.23. The summed E-state index contributed by atoms with van der Waals surface area (Å²) in [5.74, 6) is 0.382. The molecule has 0 fully saturated rings. The Bertz CT molecular complexity index is 86.1. The highest BCUT2D eigenvalue weighted by Gasteiger charge is 1.96. The summed E-state index contributed by atoms with van der Waals surface area (Å²) in [5, 5.41) is 0. The lowest BCUT2D eigenvalue weighted by atomic mass is 10.4. The Kier molecular flexibility index (Phi) is 4.59. The van der Waals surface area contributed by atoms with Crippen molar-refractivity contribution in [3.63, 3.8) is 0 Å². The van der Waals surface area contributed by atoms with Gasteiger partial charge in [0.05, 0.1) is 6.04 Å². The molecule has 2 N–H and O–H groups in total. The van der Waals surface area contributed by atoms with E-state index in [9.17, 15) is 9.59 Å². The highest BCUT2D eigenvalue weighted by atomic mass is 32.2. The summed E-state index contributed by atoms with van der Waals surface area (Å²) in [6.07, 6.45) is 0.622. The predicted molar refractivity (Wildman–Crippen MR) is 33.2 cm³/mol. The molecule has 1 unspecified atom stereocenters. The molecule has 0 saturated heterocycles. The Balaban J connectivity index is 3.09. The minimum Gasteiger partial charge on any atom is -0.321 e. The minimum atomic E-state index is -0.495. The van der Waals surface area contributed by atoms with E-state index in [1.807, 2.05) is 0 Å². The number of carbonyl (C=O) groups is 2. The van der Waals surface area contributed by atoms with Crippen LogP contribution in [0.5, 0.6) is 0 Å². The van der Waals surface area contributed by atoms with E-state index in [2.05, 4.69) is 0 Å². The molecule has 0 aliphatic heterocycles. The molecule has 1 atom stereocenters. The van der Waals surface area contributed by atoms with Gasteiger partial charge in [0, 0.05) is 5.75 Å². The van der Waals surface area contributed by atoms with Crippen molar-refractivity contribution in [2.45, 2.75) is 6.04 Å². The summed E-state index contributed by atoms with van der Waals surface area (Å²) >= 11 is 1.00. The average molecular weight is 133 g/mol. The molecule has 0 bridgehead atoms. The minimum absolute atomic E-state index is 0.382. The number of aldehydes is 1. The standard InChI is InChI=1S/C4H7NO2S/c5-4(1-6)2-8-3-7/h1,3-4H,2,5H2. The number of thioether (sulfide) groups is 1. The second-order valence-electron chi connectivity index (χ2n) is 1.23. The fraction of sp³-hybridized carbons (Fsp3) is 0.500. The van der Waals surface area contributed by atoms with Gasteiger partial charge in [0.15, 0.2) is 5.62 Å². The first-order chi connectivity index (χ1) is 3.81. The number of carbonyl (C=O) groups excluding carboxylic acids is 2. The summed E-state index contributed by atoms with van der Waals surface area (Å²) in [4.78, 5) is 19.4. The molecule has 0 radical (unpaired) electrons. The van der Waals surface area contributed by atoms with E-state index in [1.165, 1.54) is 0 Å². The number of hydrogen-bond acceptors (Lipinski definition) is 4. The van der Waals surface area contributed by atoms with Crippen LogP contribution in [0.2, 0.25) is 0 Å². The Morgan fingerprint density at radius 1 is 1.62 bits per heavy atom. The summed E-state index contributed by atoms with van der Waals surface area (Å²) in [6.45, 7) is 0. The van der Waals surface area contributed by atoms with Gasteiger partial charge in [-0.2, -0.15) is 0 Å². The topological polar surface area (TPSA) is 60.2 Å². The van der Waals surface area contributed by atoms with Gasteiger partial charge in [0.1, 0.15) is 6.29 Å². The molecular weight excluding hydrogens is 126 g/mol. The van der Waals surface area contributed by atoms with Crippen LogP contribution in [-0.4, -0.2) is 23.7 Å². The van der Waals surface area contributed by atoms with Crippen molar-refractivity contribution in [2.24, 2.45) is 5.73 Å². The quantitative estimate of drug-likeness (QED) is 0.522. The molecule has 0 aliphatic carbocycles. The van der Waals surface area contributed by atoms with Crippen LogP contribution in [0.25, 0.3) is 0 Å². The van der Waals surface area contributed by atoms with E-state index >= 15 is 0 Å². The Labute approximate surface area is 51.6 Å². The van der Waals surface area contributed by atoms with E-state index in [1.54, 1.807) is 0 Å². The maximum atomic E-state index is 9.76. The molecule has 0 aromatic rings.